The van der Waals surface area contributed by atoms with Crippen LogP contribution >= 0.6 is 23.2 Å². The van der Waals surface area contributed by atoms with E-state index in [2.05, 4.69) is 6.07 Å². The second-order valence-electron chi connectivity index (χ2n) is 6.31. The first kappa shape index (κ1) is 17.8. The monoisotopic (exact) mass is 376 g/mol. The molecule has 3 rings (SSSR count). The summed E-state index contributed by atoms with van der Waals surface area (Å²) in [5.74, 6) is -0.199. The molecule has 0 unspecified atom stereocenters. The van der Waals surface area contributed by atoms with E-state index in [4.69, 9.17) is 28.9 Å². The lowest BCUT2D eigenvalue weighted by atomic mass is 9.76. The summed E-state index contributed by atoms with van der Waals surface area (Å²) in [4.78, 5) is 12.8. The van der Waals surface area contributed by atoms with Crippen LogP contribution in [0.2, 0.25) is 10.0 Å². The lowest BCUT2D eigenvalue weighted by Crippen LogP contribution is -2.45. The molecule has 0 saturated carbocycles. The number of allylic oxidation sites excluding steroid dienone is 3. The Labute approximate surface area is 156 Å². The van der Waals surface area contributed by atoms with Crippen molar-refractivity contribution in [1.82, 2.24) is 10.0 Å². The maximum Gasteiger partial charge on any atom is 0.161 e. The van der Waals surface area contributed by atoms with Gasteiger partial charge >= 0.3 is 0 Å². The molecule has 1 atom stereocenters. The fraction of sp³-hybridized carbons (Fsp3) is 0.333. The van der Waals surface area contributed by atoms with Crippen LogP contribution in [0.3, 0.4) is 0 Å². The van der Waals surface area contributed by atoms with Gasteiger partial charge in [0.25, 0.3) is 0 Å². The average Bonchev–Trinajstić information content (AvgIpc) is 2.54. The van der Waals surface area contributed by atoms with Gasteiger partial charge < -0.3 is 5.73 Å². The first-order chi connectivity index (χ1) is 11.9. The summed E-state index contributed by atoms with van der Waals surface area (Å²) >= 11 is 12.4. The predicted octanol–water partition coefficient (Wildman–Crippen LogP) is 3.57. The SMILES string of the molecule is CN(C)N1C(N)=C(C#N)[C@H](c2ccc(Cl)cc2Cl)C2=C1CCCC2=O. The second-order valence-corrected chi connectivity index (χ2v) is 7.15. The Morgan fingerprint density at radius 3 is 2.64 bits per heavy atom. The number of nitrogens with zero attached hydrogens (tertiary/aromatic N) is 3. The van der Waals surface area contributed by atoms with E-state index < -0.39 is 5.92 Å². The van der Waals surface area contributed by atoms with E-state index in [0.717, 1.165) is 18.5 Å². The van der Waals surface area contributed by atoms with Gasteiger partial charge in [0.1, 0.15) is 5.82 Å². The first-order valence-corrected chi connectivity index (χ1v) is 8.70. The number of hydrogen-bond donors (Lipinski definition) is 1. The predicted molar refractivity (Wildman–Crippen MR) is 97.4 cm³/mol. The first-order valence-electron chi connectivity index (χ1n) is 7.95. The number of halogens is 2. The molecular weight excluding hydrogens is 359 g/mol. The fourth-order valence-corrected chi connectivity index (χ4v) is 4.09. The van der Waals surface area contributed by atoms with Gasteiger partial charge in [0, 0.05) is 41.8 Å². The quantitative estimate of drug-likeness (QED) is 0.853. The number of carbonyl (C=O) groups excluding carboxylic acids is 1. The summed E-state index contributed by atoms with van der Waals surface area (Å²) in [5.41, 5.74) is 8.77. The third-order valence-corrected chi connectivity index (χ3v) is 5.12. The zero-order valence-electron chi connectivity index (χ0n) is 14.0. The molecular formula is C18H18Cl2N4O. The second kappa shape index (κ2) is 6.72. The molecule has 0 spiro atoms. The lowest BCUT2D eigenvalue weighted by Gasteiger charge is -2.42. The van der Waals surface area contributed by atoms with Crippen molar-refractivity contribution in [2.24, 2.45) is 5.73 Å². The fourth-order valence-electron chi connectivity index (χ4n) is 3.57. The van der Waals surface area contributed by atoms with Crippen LogP contribution in [-0.4, -0.2) is 29.9 Å². The zero-order valence-corrected chi connectivity index (χ0v) is 15.5. The van der Waals surface area contributed by atoms with Crippen molar-refractivity contribution in [3.8, 4) is 6.07 Å². The van der Waals surface area contributed by atoms with Crippen molar-refractivity contribution < 1.29 is 4.79 Å². The topological polar surface area (TPSA) is 73.4 Å². The van der Waals surface area contributed by atoms with Gasteiger partial charge in [-0.25, -0.2) is 5.01 Å². The third kappa shape index (κ3) is 2.91. The highest BCUT2D eigenvalue weighted by atomic mass is 35.5. The molecule has 5 nitrogen and oxygen atoms in total. The van der Waals surface area contributed by atoms with Crippen molar-refractivity contribution in [2.75, 3.05) is 14.1 Å². The average molecular weight is 377 g/mol. The number of nitriles is 1. The molecule has 7 heteroatoms. The van der Waals surface area contributed by atoms with Crippen molar-refractivity contribution in [3.63, 3.8) is 0 Å². The van der Waals surface area contributed by atoms with E-state index in [0.29, 0.717) is 39.0 Å². The third-order valence-electron chi connectivity index (χ3n) is 4.56. The Hall–Kier alpha value is -2.00. The minimum atomic E-state index is -0.561. The van der Waals surface area contributed by atoms with Gasteiger partial charge in [-0.15, -0.1) is 0 Å². The number of rotatable bonds is 2. The normalized spacial score (nSPS) is 20.9. The number of benzene rings is 1. The summed E-state index contributed by atoms with van der Waals surface area (Å²) in [6.07, 6.45) is 1.94. The number of Topliss-reactive ketones (excluding diaryl/α,β-unsaturated/α-hetero) is 1. The highest BCUT2D eigenvalue weighted by molar-refractivity contribution is 6.35. The van der Waals surface area contributed by atoms with Crippen LogP contribution in [0.5, 0.6) is 0 Å². The van der Waals surface area contributed by atoms with Crippen molar-refractivity contribution >= 4 is 29.0 Å². The molecule has 1 aromatic rings. The number of nitrogens with two attached hydrogens (primary N) is 1. The minimum Gasteiger partial charge on any atom is -0.383 e. The Morgan fingerprint density at radius 1 is 1.32 bits per heavy atom. The lowest BCUT2D eigenvalue weighted by molar-refractivity contribution is -0.116. The van der Waals surface area contributed by atoms with E-state index in [1.807, 2.05) is 14.1 Å². The van der Waals surface area contributed by atoms with Gasteiger partial charge in [-0.3, -0.25) is 9.80 Å². The van der Waals surface area contributed by atoms with Crippen LogP contribution in [-0.2, 0) is 4.79 Å². The van der Waals surface area contributed by atoms with E-state index in [9.17, 15) is 10.1 Å². The van der Waals surface area contributed by atoms with Crippen molar-refractivity contribution in [3.05, 3.63) is 56.5 Å². The number of carbonyl (C=O) groups is 1. The number of hydrazine groups is 1. The molecule has 130 valence electrons. The molecule has 0 radical (unpaired) electrons. The highest BCUT2D eigenvalue weighted by Crippen LogP contribution is 2.46. The van der Waals surface area contributed by atoms with Crippen molar-refractivity contribution in [2.45, 2.75) is 25.2 Å². The van der Waals surface area contributed by atoms with Crippen LogP contribution in [0.25, 0.3) is 0 Å². The van der Waals surface area contributed by atoms with Crippen LogP contribution in [0.4, 0.5) is 0 Å². The van der Waals surface area contributed by atoms with E-state index in [-0.39, 0.29) is 5.78 Å². The Balaban J connectivity index is 2.29. The van der Waals surface area contributed by atoms with Crippen LogP contribution in [0.15, 0.2) is 40.9 Å². The van der Waals surface area contributed by atoms with Crippen LogP contribution in [0, 0.1) is 11.3 Å². The summed E-state index contributed by atoms with van der Waals surface area (Å²) in [6.45, 7) is 0. The Kier molecular flexibility index (Phi) is 4.79. The van der Waals surface area contributed by atoms with E-state index in [1.54, 1.807) is 28.2 Å². The van der Waals surface area contributed by atoms with Gasteiger partial charge in [-0.1, -0.05) is 29.3 Å². The Bertz CT molecular complexity index is 851. The van der Waals surface area contributed by atoms with E-state index in [1.165, 1.54) is 0 Å². The summed E-state index contributed by atoms with van der Waals surface area (Å²) < 4.78 is 0. The molecule has 0 bridgehead atoms. The molecule has 0 aromatic heterocycles. The Morgan fingerprint density at radius 2 is 2.04 bits per heavy atom. The smallest absolute Gasteiger partial charge is 0.161 e. The van der Waals surface area contributed by atoms with E-state index >= 15 is 0 Å². The highest BCUT2D eigenvalue weighted by Gasteiger charge is 2.41. The molecule has 0 amide bonds. The molecule has 1 aliphatic carbocycles. The van der Waals surface area contributed by atoms with Gasteiger partial charge in [0.2, 0.25) is 0 Å². The van der Waals surface area contributed by atoms with Gasteiger partial charge in [0.15, 0.2) is 5.78 Å². The van der Waals surface area contributed by atoms with Crippen molar-refractivity contribution in [1.29, 1.82) is 5.26 Å². The number of hydrogen-bond acceptors (Lipinski definition) is 5. The summed E-state index contributed by atoms with van der Waals surface area (Å²) in [5, 5.41) is 14.2. The molecule has 1 aromatic carbocycles. The molecule has 1 heterocycles. The minimum absolute atomic E-state index is 0.0318. The van der Waals surface area contributed by atoms with Crippen LogP contribution in [0.1, 0.15) is 30.7 Å². The summed E-state index contributed by atoms with van der Waals surface area (Å²) in [7, 11) is 3.67. The molecule has 0 fully saturated rings. The van der Waals surface area contributed by atoms with Crippen LogP contribution < -0.4 is 5.73 Å². The van der Waals surface area contributed by atoms with Gasteiger partial charge in [-0.2, -0.15) is 5.26 Å². The number of ketones is 1. The molecule has 2 aliphatic rings. The summed E-state index contributed by atoms with van der Waals surface area (Å²) in [6, 6.07) is 7.28. The zero-order chi connectivity index (χ0) is 18.3. The largest absolute Gasteiger partial charge is 0.383 e. The standard InChI is InChI=1S/C18H18Cl2N4O/c1-23(2)24-14-4-3-5-15(25)17(14)16(12(9-21)18(24)22)11-7-6-10(19)8-13(11)20/h6-8,16H,3-5,22H2,1-2H3/t16-/m0/s1. The van der Waals surface area contributed by atoms with Gasteiger partial charge in [0.05, 0.1) is 17.6 Å². The molecule has 2 N–H and O–H groups in total. The maximum absolute atomic E-state index is 12.8. The maximum atomic E-state index is 12.8. The molecule has 25 heavy (non-hydrogen) atoms. The van der Waals surface area contributed by atoms with Gasteiger partial charge in [-0.05, 0) is 30.5 Å². The molecule has 0 saturated heterocycles. The molecule has 1 aliphatic heterocycles.